The van der Waals surface area contributed by atoms with E-state index in [1.54, 1.807) is 4.52 Å². The third-order valence-corrected chi connectivity index (χ3v) is 3.61. The van der Waals surface area contributed by atoms with Gasteiger partial charge < -0.3 is 4.90 Å². The van der Waals surface area contributed by atoms with Crippen molar-refractivity contribution in [2.75, 3.05) is 18.0 Å². The van der Waals surface area contributed by atoms with Crippen LogP contribution >= 0.6 is 0 Å². The predicted molar refractivity (Wildman–Crippen MR) is 69.3 cm³/mol. The first-order valence-electron chi connectivity index (χ1n) is 6.28. The molecule has 0 saturated carbocycles. The Bertz CT molecular complexity index is 611. The van der Waals surface area contributed by atoms with Crippen molar-refractivity contribution in [2.24, 2.45) is 0 Å². The molecule has 0 N–H and O–H groups in total. The quantitative estimate of drug-likeness (QED) is 0.755. The van der Waals surface area contributed by atoms with Gasteiger partial charge in [-0.05, 0) is 32.8 Å². The maximum atomic E-state index is 11.0. The number of hydrogen-bond acceptors (Lipinski definition) is 4. The molecule has 0 atom stereocenters. The molecule has 1 aliphatic heterocycles. The maximum absolute atomic E-state index is 11.0. The highest BCUT2D eigenvalue weighted by Crippen LogP contribution is 2.26. The maximum Gasteiger partial charge on any atom is 0.177 e. The number of anilines is 1. The summed E-state index contributed by atoms with van der Waals surface area (Å²) >= 11 is 0. The average molecular weight is 244 g/mol. The Labute approximate surface area is 105 Å². The van der Waals surface area contributed by atoms with Crippen LogP contribution < -0.4 is 4.90 Å². The van der Waals surface area contributed by atoms with Crippen LogP contribution in [0.15, 0.2) is 6.07 Å². The van der Waals surface area contributed by atoms with Gasteiger partial charge in [0.1, 0.15) is 5.69 Å². The number of rotatable bonds is 2. The third kappa shape index (κ3) is 1.58. The van der Waals surface area contributed by atoms with Gasteiger partial charge in [-0.2, -0.15) is 5.10 Å². The largest absolute Gasteiger partial charge is 0.368 e. The van der Waals surface area contributed by atoms with Gasteiger partial charge in [0.05, 0.1) is 17.1 Å². The Morgan fingerprint density at radius 3 is 2.67 bits per heavy atom. The number of carbonyl (C=O) groups is 1. The normalized spacial score (nSPS) is 15.6. The Kier molecular flexibility index (Phi) is 2.54. The molecule has 0 aromatic carbocycles. The fraction of sp³-hybridized carbons (Fsp3) is 0.462. The zero-order valence-electron chi connectivity index (χ0n) is 10.7. The summed E-state index contributed by atoms with van der Waals surface area (Å²) in [6, 6.07) is 1.85. The van der Waals surface area contributed by atoms with Crippen molar-refractivity contribution in [1.82, 2.24) is 14.6 Å². The third-order valence-electron chi connectivity index (χ3n) is 3.61. The van der Waals surface area contributed by atoms with Gasteiger partial charge in [0.15, 0.2) is 11.9 Å². The van der Waals surface area contributed by atoms with E-state index in [1.807, 2.05) is 19.9 Å². The summed E-state index contributed by atoms with van der Waals surface area (Å²) in [5, 5.41) is 4.31. The number of fused-ring (bicyclic) bond motifs is 1. The lowest BCUT2D eigenvalue weighted by Gasteiger charge is -2.18. The highest BCUT2D eigenvalue weighted by Gasteiger charge is 2.19. The van der Waals surface area contributed by atoms with Gasteiger partial charge in [0.2, 0.25) is 0 Å². The monoisotopic (exact) mass is 244 g/mol. The van der Waals surface area contributed by atoms with Crippen molar-refractivity contribution >= 4 is 17.6 Å². The summed E-state index contributed by atoms with van der Waals surface area (Å²) in [7, 11) is 0. The van der Waals surface area contributed by atoms with Crippen LogP contribution in [0.1, 0.15) is 34.7 Å². The van der Waals surface area contributed by atoms with Gasteiger partial charge in [-0.1, -0.05) is 0 Å². The molecule has 1 saturated heterocycles. The topological polar surface area (TPSA) is 50.5 Å². The van der Waals surface area contributed by atoms with Gasteiger partial charge in [-0.3, -0.25) is 4.79 Å². The molecule has 0 bridgehead atoms. The summed E-state index contributed by atoms with van der Waals surface area (Å²) in [5.41, 5.74) is 4.31. The zero-order chi connectivity index (χ0) is 12.7. The SMILES string of the molecule is Cc1nc2c(N3CCCC3)cc(C=O)nn2c1C. The van der Waals surface area contributed by atoms with Gasteiger partial charge >= 0.3 is 0 Å². The molecule has 2 aromatic heterocycles. The number of hydrogen-bond donors (Lipinski definition) is 0. The van der Waals surface area contributed by atoms with Crippen molar-refractivity contribution in [2.45, 2.75) is 26.7 Å². The molecular weight excluding hydrogens is 228 g/mol. The molecule has 5 heteroatoms. The molecule has 3 rings (SSSR count). The van der Waals surface area contributed by atoms with E-state index in [1.165, 1.54) is 12.8 Å². The summed E-state index contributed by atoms with van der Waals surface area (Å²) in [4.78, 5) is 17.9. The molecule has 18 heavy (non-hydrogen) atoms. The number of imidazole rings is 1. The van der Waals surface area contributed by atoms with Crippen molar-refractivity contribution in [3.63, 3.8) is 0 Å². The average Bonchev–Trinajstić information content (AvgIpc) is 2.99. The van der Waals surface area contributed by atoms with Crippen molar-refractivity contribution in [1.29, 1.82) is 0 Å². The molecule has 0 spiro atoms. The second kappa shape index (κ2) is 4.08. The van der Waals surface area contributed by atoms with E-state index in [2.05, 4.69) is 15.0 Å². The zero-order valence-corrected chi connectivity index (χ0v) is 10.7. The van der Waals surface area contributed by atoms with E-state index >= 15 is 0 Å². The van der Waals surface area contributed by atoms with E-state index in [4.69, 9.17) is 0 Å². The molecule has 0 radical (unpaired) electrons. The van der Waals surface area contributed by atoms with E-state index in [0.29, 0.717) is 5.69 Å². The van der Waals surface area contributed by atoms with Crippen LogP contribution in [0.4, 0.5) is 5.69 Å². The smallest absolute Gasteiger partial charge is 0.177 e. The lowest BCUT2D eigenvalue weighted by Crippen LogP contribution is -2.19. The minimum absolute atomic E-state index is 0.463. The summed E-state index contributed by atoms with van der Waals surface area (Å²) in [6.07, 6.45) is 3.20. The predicted octanol–water partition coefficient (Wildman–Crippen LogP) is 1.76. The van der Waals surface area contributed by atoms with Gasteiger partial charge in [-0.25, -0.2) is 9.50 Å². The molecule has 94 valence electrons. The van der Waals surface area contributed by atoms with Crippen LogP contribution in [0, 0.1) is 13.8 Å². The number of aldehydes is 1. The molecule has 2 aromatic rings. The summed E-state index contributed by atoms with van der Waals surface area (Å²) < 4.78 is 1.78. The highest BCUT2D eigenvalue weighted by atomic mass is 16.1. The molecule has 0 aliphatic carbocycles. The molecule has 1 fully saturated rings. The van der Waals surface area contributed by atoms with E-state index in [0.717, 1.165) is 42.1 Å². The standard InChI is InChI=1S/C13H16N4O/c1-9-10(2)17-13(14-9)12(7-11(8-18)15-17)16-5-3-4-6-16/h7-8H,3-6H2,1-2H3. The van der Waals surface area contributed by atoms with E-state index in [9.17, 15) is 4.79 Å². The van der Waals surface area contributed by atoms with Crippen LogP contribution in [-0.2, 0) is 0 Å². The van der Waals surface area contributed by atoms with Gasteiger partial charge in [0.25, 0.3) is 0 Å². The number of aromatic nitrogens is 3. The fourth-order valence-corrected chi connectivity index (χ4v) is 2.48. The second-order valence-corrected chi connectivity index (χ2v) is 4.78. The lowest BCUT2D eigenvalue weighted by atomic mass is 10.3. The Balaban J connectivity index is 2.27. The van der Waals surface area contributed by atoms with Crippen molar-refractivity contribution in [3.05, 3.63) is 23.1 Å². The van der Waals surface area contributed by atoms with Crippen LogP contribution in [0.3, 0.4) is 0 Å². The number of aryl methyl sites for hydroxylation is 2. The van der Waals surface area contributed by atoms with E-state index < -0.39 is 0 Å². The lowest BCUT2D eigenvalue weighted by molar-refractivity contribution is 0.111. The van der Waals surface area contributed by atoms with Crippen molar-refractivity contribution < 1.29 is 4.79 Å². The molecule has 0 unspecified atom stereocenters. The minimum Gasteiger partial charge on any atom is -0.368 e. The summed E-state index contributed by atoms with van der Waals surface area (Å²) in [5.74, 6) is 0. The molecule has 5 nitrogen and oxygen atoms in total. The Morgan fingerprint density at radius 2 is 2.00 bits per heavy atom. The Morgan fingerprint density at radius 1 is 1.28 bits per heavy atom. The first kappa shape index (κ1) is 11.2. The molecule has 0 amide bonds. The summed E-state index contributed by atoms with van der Waals surface area (Å²) in [6.45, 7) is 6.01. The second-order valence-electron chi connectivity index (χ2n) is 4.78. The number of nitrogens with zero attached hydrogens (tertiary/aromatic N) is 4. The Hall–Kier alpha value is -1.91. The van der Waals surface area contributed by atoms with Crippen LogP contribution in [-0.4, -0.2) is 34.0 Å². The van der Waals surface area contributed by atoms with Gasteiger partial charge in [-0.15, -0.1) is 0 Å². The molecule has 3 heterocycles. The minimum atomic E-state index is 0.463. The molecule has 1 aliphatic rings. The van der Waals surface area contributed by atoms with Gasteiger partial charge in [0, 0.05) is 13.1 Å². The van der Waals surface area contributed by atoms with Crippen LogP contribution in [0.25, 0.3) is 5.65 Å². The first-order valence-corrected chi connectivity index (χ1v) is 6.28. The van der Waals surface area contributed by atoms with Crippen LogP contribution in [0.2, 0.25) is 0 Å². The van der Waals surface area contributed by atoms with Crippen LogP contribution in [0.5, 0.6) is 0 Å². The number of carbonyl (C=O) groups excluding carboxylic acids is 1. The molecular formula is C13H16N4O. The fourth-order valence-electron chi connectivity index (χ4n) is 2.48. The van der Waals surface area contributed by atoms with Crippen molar-refractivity contribution in [3.8, 4) is 0 Å². The first-order chi connectivity index (χ1) is 8.70. The highest BCUT2D eigenvalue weighted by molar-refractivity contribution is 5.79. The van der Waals surface area contributed by atoms with E-state index in [-0.39, 0.29) is 0 Å².